The largest absolute Gasteiger partial charge is 0.353 e. The van der Waals surface area contributed by atoms with Crippen molar-refractivity contribution in [3.63, 3.8) is 0 Å². The minimum Gasteiger partial charge on any atom is -0.353 e. The first kappa shape index (κ1) is 15.0. The topological polar surface area (TPSA) is 75.9 Å². The van der Waals surface area contributed by atoms with Crippen molar-refractivity contribution in [3.05, 3.63) is 36.2 Å². The molecule has 0 radical (unpaired) electrons. The molecule has 1 aliphatic heterocycles. The molecule has 0 bridgehead atoms. The number of hydrogen-bond donors (Lipinski definition) is 0. The second kappa shape index (κ2) is 6.16. The molecule has 0 spiro atoms. The van der Waals surface area contributed by atoms with Gasteiger partial charge in [0.05, 0.1) is 0 Å². The van der Waals surface area contributed by atoms with Crippen molar-refractivity contribution in [1.29, 1.82) is 0 Å². The van der Waals surface area contributed by atoms with Crippen molar-refractivity contribution in [1.82, 2.24) is 29.1 Å². The number of nitrogens with zero attached hydrogens (tertiary/aromatic N) is 8. The predicted octanol–water partition coefficient (Wildman–Crippen LogP) is 1.46. The van der Waals surface area contributed by atoms with E-state index in [-0.39, 0.29) is 0 Å². The molecule has 124 valence electrons. The molecule has 0 amide bonds. The van der Waals surface area contributed by atoms with Crippen LogP contribution in [-0.2, 0) is 0 Å². The maximum absolute atomic E-state index is 4.60. The van der Waals surface area contributed by atoms with Crippen LogP contribution in [0.15, 0.2) is 24.5 Å². The normalized spacial score (nSPS) is 15.1. The van der Waals surface area contributed by atoms with Crippen LogP contribution in [0.4, 0.5) is 10.9 Å². The van der Waals surface area contributed by atoms with Gasteiger partial charge in [-0.2, -0.15) is 9.47 Å². The summed E-state index contributed by atoms with van der Waals surface area (Å²) in [7, 11) is 0. The highest BCUT2D eigenvalue weighted by molar-refractivity contribution is 7.09. The standard InChI is InChI=1S/C15H18N8S/c1-11-17-13(10-14(18-11)23-5-3-4-16-23)21-6-8-22(9-7-21)15-19-12(2)20-24-15/h3-5,10H,6-9H2,1-2H3. The predicted molar refractivity (Wildman–Crippen MR) is 93.0 cm³/mol. The molecule has 1 saturated heterocycles. The van der Waals surface area contributed by atoms with Gasteiger partial charge in [0, 0.05) is 56.2 Å². The second-order valence-electron chi connectivity index (χ2n) is 5.68. The van der Waals surface area contributed by atoms with Gasteiger partial charge < -0.3 is 9.80 Å². The zero-order chi connectivity index (χ0) is 16.5. The maximum Gasteiger partial charge on any atom is 0.205 e. The van der Waals surface area contributed by atoms with Gasteiger partial charge in [-0.3, -0.25) is 0 Å². The van der Waals surface area contributed by atoms with Gasteiger partial charge in [0.1, 0.15) is 17.5 Å². The highest BCUT2D eigenvalue weighted by Crippen LogP contribution is 2.22. The van der Waals surface area contributed by atoms with Crippen molar-refractivity contribution in [2.24, 2.45) is 0 Å². The Hall–Kier alpha value is -2.55. The van der Waals surface area contributed by atoms with E-state index in [9.17, 15) is 0 Å². The van der Waals surface area contributed by atoms with Crippen LogP contribution in [0, 0.1) is 13.8 Å². The Morgan fingerprint density at radius 3 is 2.33 bits per heavy atom. The smallest absolute Gasteiger partial charge is 0.205 e. The lowest BCUT2D eigenvalue weighted by atomic mass is 10.3. The Morgan fingerprint density at radius 1 is 0.917 bits per heavy atom. The van der Waals surface area contributed by atoms with Gasteiger partial charge in [-0.25, -0.2) is 19.6 Å². The van der Waals surface area contributed by atoms with E-state index < -0.39 is 0 Å². The molecule has 0 unspecified atom stereocenters. The molecule has 3 aromatic heterocycles. The van der Waals surface area contributed by atoms with Crippen molar-refractivity contribution in [2.45, 2.75) is 13.8 Å². The summed E-state index contributed by atoms with van der Waals surface area (Å²) in [5.41, 5.74) is 0. The fraction of sp³-hybridized carbons (Fsp3) is 0.400. The molecule has 4 rings (SSSR count). The molecule has 0 aromatic carbocycles. The first-order valence-corrected chi connectivity index (χ1v) is 8.62. The van der Waals surface area contributed by atoms with Crippen LogP contribution in [0.5, 0.6) is 0 Å². The van der Waals surface area contributed by atoms with E-state index in [1.807, 2.05) is 32.2 Å². The molecular formula is C15H18N8S. The maximum atomic E-state index is 4.60. The Bertz CT molecular complexity index is 820. The zero-order valence-corrected chi connectivity index (χ0v) is 14.4. The van der Waals surface area contributed by atoms with E-state index >= 15 is 0 Å². The molecule has 9 heteroatoms. The zero-order valence-electron chi connectivity index (χ0n) is 13.6. The van der Waals surface area contributed by atoms with Crippen LogP contribution >= 0.6 is 11.5 Å². The summed E-state index contributed by atoms with van der Waals surface area (Å²) < 4.78 is 6.03. The number of piperazine rings is 1. The van der Waals surface area contributed by atoms with Gasteiger partial charge in [-0.15, -0.1) is 0 Å². The van der Waals surface area contributed by atoms with E-state index in [0.717, 1.165) is 54.6 Å². The minimum absolute atomic E-state index is 0.750. The molecule has 8 nitrogen and oxygen atoms in total. The number of aryl methyl sites for hydroxylation is 2. The van der Waals surface area contributed by atoms with Gasteiger partial charge in [0.2, 0.25) is 5.13 Å². The Labute approximate surface area is 144 Å². The van der Waals surface area contributed by atoms with E-state index in [1.165, 1.54) is 11.5 Å². The van der Waals surface area contributed by atoms with Gasteiger partial charge in [-0.1, -0.05) is 0 Å². The van der Waals surface area contributed by atoms with Crippen molar-refractivity contribution in [3.8, 4) is 5.82 Å². The second-order valence-corrected chi connectivity index (χ2v) is 6.41. The van der Waals surface area contributed by atoms with Crippen molar-refractivity contribution < 1.29 is 0 Å². The number of rotatable bonds is 3. The molecular weight excluding hydrogens is 324 g/mol. The first-order chi connectivity index (χ1) is 11.7. The van der Waals surface area contributed by atoms with Crippen LogP contribution in [0.3, 0.4) is 0 Å². The van der Waals surface area contributed by atoms with E-state index in [1.54, 1.807) is 10.9 Å². The first-order valence-electron chi connectivity index (χ1n) is 7.85. The molecule has 4 heterocycles. The highest BCUT2D eigenvalue weighted by Gasteiger charge is 2.21. The third kappa shape index (κ3) is 2.94. The molecule has 3 aromatic rings. The lowest BCUT2D eigenvalue weighted by Crippen LogP contribution is -2.47. The van der Waals surface area contributed by atoms with Crippen LogP contribution in [0.2, 0.25) is 0 Å². The Morgan fingerprint density at radius 2 is 1.67 bits per heavy atom. The van der Waals surface area contributed by atoms with Crippen molar-refractivity contribution in [2.75, 3.05) is 36.0 Å². The molecule has 24 heavy (non-hydrogen) atoms. The van der Waals surface area contributed by atoms with Gasteiger partial charge in [0.15, 0.2) is 5.82 Å². The van der Waals surface area contributed by atoms with Crippen LogP contribution in [0.1, 0.15) is 11.6 Å². The van der Waals surface area contributed by atoms with Crippen LogP contribution in [0.25, 0.3) is 5.82 Å². The summed E-state index contributed by atoms with van der Waals surface area (Å²) in [4.78, 5) is 18.1. The van der Waals surface area contributed by atoms with Gasteiger partial charge >= 0.3 is 0 Å². The third-order valence-electron chi connectivity index (χ3n) is 3.94. The third-order valence-corrected chi connectivity index (χ3v) is 4.81. The minimum atomic E-state index is 0.750. The summed E-state index contributed by atoms with van der Waals surface area (Å²) in [5.74, 6) is 3.33. The highest BCUT2D eigenvalue weighted by atomic mass is 32.1. The number of anilines is 2. The summed E-state index contributed by atoms with van der Waals surface area (Å²) in [6.07, 6.45) is 3.64. The summed E-state index contributed by atoms with van der Waals surface area (Å²) in [5, 5.41) is 5.26. The fourth-order valence-electron chi connectivity index (χ4n) is 2.76. The molecule has 1 aliphatic rings. The number of aromatic nitrogens is 6. The van der Waals surface area contributed by atoms with E-state index in [0.29, 0.717) is 0 Å². The molecule has 0 N–H and O–H groups in total. The average Bonchev–Trinajstić information content (AvgIpc) is 3.26. The molecule has 0 aliphatic carbocycles. The van der Waals surface area contributed by atoms with Crippen LogP contribution in [-0.4, -0.2) is 55.3 Å². The molecule has 0 atom stereocenters. The van der Waals surface area contributed by atoms with E-state index in [2.05, 4.69) is 34.2 Å². The lowest BCUT2D eigenvalue weighted by molar-refractivity contribution is 0.643. The van der Waals surface area contributed by atoms with E-state index in [4.69, 9.17) is 0 Å². The van der Waals surface area contributed by atoms with Gasteiger partial charge in [0.25, 0.3) is 0 Å². The molecule has 1 fully saturated rings. The van der Waals surface area contributed by atoms with Crippen molar-refractivity contribution >= 4 is 22.5 Å². The summed E-state index contributed by atoms with van der Waals surface area (Å²) >= 11 is 1.47. The Kier molecular flexibility index (Phi) is 3.85. The number of hydrogen-bond acceptors (Lipinski definition) is 8. The summed E-state index contributed by atoms with van der Waals surface area (Å²) in [6, 6.07) is 3.88. The molecule has 0 saturated carbocycles. The van der Waals surface area contributed by atoms with Crippen LogP contribution < -0.4 is 9.80 Å². The SMILES string of the molecule is Cc1nc(N2CCN(c3nc(C)ns3)CC2)cc(-n2cccn2)n1. The summed E-state index contributed by atoms with van der Waals surface area (Å²) in [6.45, 7) is 7.46. The van der Waals surface area contributed by atoms with Gasteiger partial charge in [-0.05, 0) is 19.9 Å². The average molecular weight is 342 g/mol. The Balaban J connectivity index is 1.51. The lowest BCUT2D eigenvalue weighted by Gasteiger charge is -2.35. The quantitative estimate of drug-likeness (QED) is 0.713. The monoisotopic (exact) mass is 342 g/mol. The fourth-order valence-corrected chi connectivity index (χ4v) is 3.49.